The van der Waals surface area contributed by atoms with Gasteiger partial charge in [-0.05, 0) is 69.9 Å². The summed E-state index contributed by atoms with van der Waals surface area (Å²) in [4.78, 5) is 2.76. The summed E-state index contributed by atoms with van der Waals surface area (Å²) in [6, 6.07) is 0.893. The molecule has 2 atom stereocenters. The Hall–Kier alpha value is -0.0800. The van der Waals surface area contributed by atoms with Crippen LogP contribution in [0.5, 0.6) is 0 Å². The maximum absolute atomic E-state index is 3.62. The molecule has 1 heterocycles. The van der Waals surface area contributed by atoms with Crippen molar-refractivity contribution in [1.82, 2.24) is 10.2 Å². The standard InChI is InChI=1S/C15H28N2/c1(8-16-15-6-7-15)2-9-17-11-13-4-3-5-14(10-13)12-17/h13-16H,1-12H2. The van der Waals surface area contributed by atoms with Gasteiger partial charge in [0.05, 0.1) is 0 Å². The Morgan fingerprint density at radius 2 is 1.71 bits per heavy atom. The average molecular weight is 236 g/mol. The van der Waals surface area contributed by atoms with E-state index in [0.29, 0.717) is 0 Å². The number of nitrogens with zero attached hydrogens (tertiary/aromatic N) is 1. The van der Waals surface area contributed by atoms with Crippen LogP contribution in [0, 0.1) is 11.8 Å². The van der Waals surface area contributed by atoms with Crippen LogP contribution in [0.2, 0.25) is 0 Å². The molecular weight excluding hydrogens is 208 g/mol. The van der Waals surface area contributed by atoms with Gasteiger partial charge in [-0.2, -0.15) is 0 Å². The largest absolute Gasteiger partial charge is 0.314 e. The van der Waals surface area contributed by atoms with E-state index in [4.69, 9.17) is 0 Å². The first-order chi connectivity index (χ1) is 8.40. The molecule has 1 aliphatic heterocycles. The fraction of sp³-hybridized carbons (Fsp3) is 1.00. The van der Waals surface area contributed by atoms with E-state index in [1.807, 2.05) is 0 Å². The minimum Gasteiger partial charge on any atom is -0.314 e. The summed E-state index contributed by atoms with van der Waals surface area (Å²) in [5.41, 5.74) is 0. The van der Waals surface area contributed by atoms with Gasteiger partial charge in [-0.3, -0.25) is 0 Å². The molecule has 2 unspecified atom stereocenters. The van der Waals surface area contributed by atoms with Crippen LogP contribution in [0.4, 0.5) is 0 Å². The Balaban J connectivity index is 1.29. The fourth-order valence-corrected chi connectivity index (χ4v) is 3.78. The van der Waals surface area contributed by atoms with Crippen LogP contribution in [0.25, 0.3) is 0 Å². The van der Waals surface area contributed by atoms with E-state index in [9.17, 15) is 0 Å². The van der Waals surface area contributed by atoms with E-state index in [0.717, 1.165) is 17.9 Å². The van der Waals surface area contributed by atoms with Crippen molar-refractivity contribution in [2.75, 3.05) is 26.2 Å². The highest BCUT2D eigenvalue weighted by atomic mass is 15.1. The first-order valence-corrected chi connectivity index (χ1v) is 7.86. The van der Waals surface area contributed by atoms with Crippen LogP contribution in [0.3, 0.4) is 0 Å². The van der Waals surface area contributed by atoms with Crippen molar-refractivity contribution in [3.63, 3.8) is 0 Å². The van der Waals surface area contributed by atoms with Gasteiger partial charge in [0, 0.05) is 19.1 Å². The van der Waals surface area contributed by atoms with Gasteiger partial charge in [0.15, 0.2) is 0 Å². The summed E-state index contributed by atoms with van der Waals surface area (Å²) in [6.45, 7) is 5.43. The van der Waals surface area contributed by atoms with E-state index in [1.165, 1.54) is 71.1 Å². The molecule has 2 heteroatoms. The molecule has 3 aliphatic rings. The lowest BCUT2D eigenvalue weighted by Gasteiger charge is -2.41. The van der Waals surface area contributed by atoms with Crippen LogP contribution in [-0.4, -0.2) is 37.1 Å². The molecule has 1 saturated heterocycles. The van der Waals surface area contributed by atoms with Crippen molar-refractivity contribution in [3.05, 3.63) is 0 Å². The number of hydrogen-bond donors (Lipinski definition) is 1. The van der Waals surface area contributed by atoms with Crippen molar-refractivity contribution in [3.8, 4) is 0 Å². The first kappa shape index (κ1) is 12.0. The predicted octanol–water partition coefficient (Wildman–Crippen LogP) is 2.64. The Labute approximate surface area is 106 Å². The molecular formula is C15H28N2. The lowest BCUT2D eigenvalue weighted by Crippen LogP contribution is -2.43. The summed E-state index contributed by atoms with van der Waals surface area (Å²) in [5, 5.41) is 3.62. The molecule has 0 aromatic rings. The number of nitrogens with one attached hydrogen (secondary N) is 1. The minimum atomic E-state index is 0.893. The third-order valence-corrected chi connectivity index (χ3v) is 4.84. The van der Waals surface area contributed by atoms with Crippen LogP contribution in [0.1, 0.15) is 51.4 Å². The number of rotatable bonds is 6. The smallest absolute Gasteiger partial charge is 0.00682 e. The van der Waals surface area contributed by atoms with E-state index >= 15 is 0 Å². The van der Waals surface area contributed by atoms with Crippen molar-refractivity contribution >= 4 is 0 Å². The third-order valence-electron chi connectivity index (χ3n) is 4.84. The van der Waals surface area contributed by atoms with Crippen molar-refractivity contribution in [1.29, 1.82) is 0 Å². The van der Waals surface area contributed by atoms with Crippen LogP contribution < -0.4 is 5.32 Å². The topological polar surface area (TPSA) is 15.3 Å². The quantitative estimate of drug-likeness (QED) is 0.713. The molecule has 3 rings (SSSR count). The van der Waals surface area contributed by atoms with Crippen LogP contribution in [0.15, 0.2) is 0 Å². The second kappa shape index (κ2) is 5.71. The second-order valence-electron chi connectivity index (χ2n) is 6.59. The molecule has 1 N–H and O–H groups in total. The lowest BCUT2D eigenvalue weighted by molar-refractivity contribution is 0.0850. The molecule has 0 amide bonds. The van der Waals surface area contributed by atoms with Crippen LogP contribution in [-0.2, 0) is 0 Å². The highest BCUT2D eigenvalue weighted by molar-refractivity contribution is 4.83. The highest BCUT2D eigenvalue weighted by Crippen LogP contribution is 2.34. The van der Waals surface area contributed by atoms with Crippen molar-refractivity contribution < 1.29 is 0 Å². The second-order valence-corrected chi connectivity index (χ2v) is 6.59. The molecule has 0 spiro atoms. The van der Waals surface area contributed by atoms with Gasteiger partial charge in [0.1, 0.15) is 0 Å². The molecule has 0 aromatic heterocycles. The zero-order chi connectivity index (χ0) is 11.5. The number of unbranched alkanes of at least 4 members (excludes halogenated alkanes) is 1. The zero-order valence-electron chi connectivity index (χ0n) is 11.2. The monoisotopic (exact) mass is 236 g/mol. The molecule has 2 aliphatic carbocycles. The highest BCUT2D eigenvalue weighted by Gasteiger charge is 2.29. The maximum atomic E-state index is 3.62. The molecule has 2 bridgehead atoms. The molecule has 2 saturated carbocycles. The number of piperidine rings is 1. The van der Waals surface area contributed by atoms with Gasteiger partial charge >= 0.3 is 0 Å². The van der Waals surface area contributed by atoms with Gasteiger partial charge in [-0.1, -0.05) is 6.42 Å². The predicted molar refractivity (Wildman–Crippen MR) is 72.1 cm³/mol. The van der Waals surface area contributed by atoms with Gasteiger partial charge in [0.25, 0.3) is 0 Å². The van der Waals surface area contributed by atoms with Crippen molar-refractivity contribution in [2.24, 2.45) is 11.8 Å². The summed E-state index contributed by atoms with van der Waals surface area (Å²) < 4.78 is 0. The summed E-state index contributed by atoms with van der Waals surface area (Å²) in [5.74, 6) is 2.10. The fourth-order valence-electron chi connectivity index (χ4n) is 3.78. The molecule has 0 aromatic carbocycles. The maximum Gasteiger partial charge on any atom is 0.00682 e. The summed E-state index contributed by atoms with van der Waals surface area (Å²) in [6.07, 6.45) is 11.7. The first-order valence-electron chi connectivity index (χ1n) is 7.86. The number of likely N-dealkylation sites (tertiary alicyclic amines) is 1. The SMILES string of the molecule is C(CCN1CC2CCCC(C2)C1)CNC1CC1. The zero-order valence-corrected chi connectivity index (χ0v) is 11.2. The lowest BCUT2D eigenvalue weighted by atomic mass is 9.78. The number of hydrogen-bond acceptors (Lipinski definition) is 2. The normalized spacial score (nSPS) is 33.9. The minimum absolute atomic E-state index is 0.893. The molecule has 17 heavy (non-hydrogen) atoms. The van der Waals surface area contributed by atoms with Gasteiger partial charge < -0.3 is 10.2 Å². The Bertz CT molecular complexity index is 225. The third kappa shape index (κ3) is 3.69. The summed E-state index contributed by atoms with van der Waals surface area (Å²) in [7, 11) is 0. The van der Waals surface area contributed by atoms with E-state index in [2.05, 4.69) is 10.2 Å². The Morgan fingerprint density at radius 1 is 0.941 bits per heavy atom. The molecule has 3 fully saturated rings. The van der Waals surface area contributed by atoms with Gasteiger partial charge in [0.2, 0.25) is 0 Å². The molecule has 0 radical (unpaired) electrons. The van der Waals surface area contributed by atoms with E-state index in [-0.39, 0.29) is 0 Å². The summed E-state index contributed by atoms with van der Waals surface area (Å²) >= 11 is 0. The van der Waals surface area contributed by atoms with Gasteiger partial charge in [-0.15, -0.1) is 0 Å². The molecule has 2 nitrogen and oxygen atoms in total. The van der Waals surface area contributed by atoms with Crippen LogP contribution >= 0.6 is 0 Å². The Morgan fingerprint density at radius 3 is 2.41 bits per heavy atom. The number of fused-ring (bicyclic) bond motifs is 2. The van der Waals surface area contributed by atoms with Gasteiger partial charge in [-0.25, -0.2) is 0 Å². The Kier molecular flexibility index (Phi) is 4.02. The van der Waals surface area contributed by atoms with E-state index in [1.54, 1.807) is 6.42 Å². The molecule has 98 valence electrons. The average Bonchev–Trinajstić information content (AvgIpc) is 3.12. The van der Waals surface area contributed by atoms with Crippen molar-refractivity contribution in [2.45, 2.75) is 57.4 Å². The van der Waals surface area contributed by atoms with E-state index < -0.39 is 0 Å².